The van der Waals surface area contributed by atoms with Crippen LogP contribution < -0.4 is 10.2 Å². The molecule has 27 heavy (non-hydrogen) atoms. The van der Waals surface area contributed by atoms with Crippen LogP contribution in [0.4, 0.5) is 17.3 Å². The molecule has 0 saturated heterocycles. The van der Waals surface area contributed by atoms with Crippen LogP contribution in [0.15, 0.2) is 54.9 Å². The van der Waals surface area contributed by atoms with Crippen molar-refractivity contribution in [3.63, 3.8) is 0 Å². The van der Waals surface area contributed by atoms with Gasteiger partial charge in [-0.3, -0.25) is 4.79 Å². The first kappa shape index (κ1) is 17.2. The highest BCUT2D eigenvalue weighted by Crippen LogP contribution is 2.32. The number of aromatic nitrogens is 2. The van der Waals surface area contributed by atoms with Gasteiger partial charge in [0.15, 0.2) is 0 Å². The van der Waals surface area contributed by atoms with E-state index in [2.05, 4.69) is 54.3 Å². The number of hydrogen-bond donors (Lipinski definition) is 1. The van der Waals surface area contributed by atoms with Crippen molar-refractivity contribution >= 4 is 23.2 Å². The van der Waals surface area contributed by atoms with Gasteiger partial charge >= 0.3 is 0 Å². The zero-order valence-corrected chi connectivity index (χ0v) is 15.7. The lowest BCUT2D eigenvalue weighted by atomic mass is 10.1. The van der Waals surface area contributed by atoms with Crippen LogP contribution >= 0.6 is 0 Å². The SMILES string of the molecule is Cc1ccc(Nc2ncc(C(=O)N3c4ccccc4CC3C)cn2)cc1C. The van der Waals surface area contributed by atoms with E-state index in [4.69, 9.17) is 0 Å². The van der Waals surface area contributed by atoms with Crippen molar-refractivity contribution in [2.24, 2.45) is 0 Å². The minimum Gasteiger partial charge on any atom is -0.324 e. The summed E-state index contributed by atoms with van der Waals surface area (Å²) in [6.45, 7) is 6.21. The Balaban J connectivity index is 1.54. The molecule has 0 aliphatic carbocycles. The van der Waals surface area contributed by atoms with Gasteiger partial charge in [-0.15, -0.1) is 0 Å². The van der Waals surface area contributed by atoms with Crippen LogP contribution in [0.25, 0.3) is 0 Å². The molecule has 5 nitrogen and oxygen atoms in total. The number of anilines is 3. The van der Waals surface area contributed by atoms with Gasteiger partial charge in [-0.2, -0.15) is 0 Å². The fourth-order valence-corrected chi connectivity index (χ4v) is 3.47. The second kappa shape index (κ2) is 6.83. The fourth-order valence-electron chi connectivity index (χ4n) is 3.47. The molecule has 0 radical (unpaired) electrons. The van der Waals surface area contributed by atoms with Crippen LogP contribution in [-0.4, -0.2) is 21.9 Å². The molecule has 2 heterocycles. The molecule has 1 unspecified atom stereocenters. The van der Waals surface area contributed by atoms with E-state index in [0.717, 1.165) is 17.8 Å². The lowest BCUT2D eigenvalue weighted by Gasteiger charge is -2.22. The average Bonchev–Trinajstić information content (AvgIpc) is 3.00. The molecule has 0 fully saturated rings. The van der Waals surface area contributed by atoms with Crippen molar-refractivity contribution in [2.45, 2.75) is 33.2 Å². The number of nitrogens with zero attached hydrogens (tertiary/aromatic N) is 3. The molecular formula is C22H22N4O. The quantitative estimate of drug-likeness (QED) is 0.752. The highest BCUT2D eigenvalue weighted by atomic mass is 16.2. The number of nitrogens with one attached hydrogen (secondary N) is 1. The standard InChI is InChI=1S/C22H22N4O/c1-14-8-9-19(10-15(14)2)25-22-23-12-18(13-24-22)21(27)26-16(3)11-17-6-4-5-7-20(17)26/h4-10,12-13,16H,11H2,1-3H3,(H,23,24,25). The number of amides is 1. The minimum absolute atomic E-state index is 0.0646. The molecule has 1 N–H and O–H groups in total. The van der Waals surface area contributed by atoms with Crippen LogP contribution in [0.5, 0.6) is 0 Å². The van der Waals surface area contributed by atoms with E-state index in [9.17, 15) is 4.79 Å². The number of aryl methyl sites for hydroxylation is 2. The number of hydrogen-bond acceptors (Lipinski definition) is 4. The van der Waals surface area contributed by atoms with Gasteiger partial charge in [-0.1, -0.05) is 24.3 Å². The number of para-hydroxylation sites is 1. The summed E-state index contributed by atoms with van der Waals surface area (Å²) in [5, 5.41) is 3.18. The van der Waals surface area contributed by atoms with E-state index in [0.29, 0.717) is 11.5 Å². The number of carbonyl (C=O) groups is 1. The van der Waals surface area contributed by atoms with Gasteiger partial charge in [0.05, 0.1) is 5.56 Å². The van der Waals surface area contributed by atoms with Crippen LogP contribution in [0.1, 0.15) is 34.0 Å². The first-order valence-electron chi connectivity index (χ1n) is 9.11. The van der Waals surface area contributed by atoms with Crippen molar-refractivity contribution < 1.29 is 4.79 Å². The summed E-state index contributed by atoms with van der Waals surface area (Å²) < 4.78 is 0. The summed E-state index contributed by atoms with van der Waals surface area (Å²) in [4.78, 5) is 23.5. The van der Waals surface area contributed by atoms with Crippen LogP contribution in [0.3, 0.4) is 0 Å². The molecule has 1 aliphatic heterocycles. The smallest absolute Gasteiger partial charge is 0.261 e. The normalized spacial score (nSPS) is 15.5. The second-order valence-electron chi connectivity index (χ2n) is 7.08. The van der Waals surface area contributed by atoms with Gasteiger partial charge in [0.1, 0.15) is 0 Å². The molecular weight excluding hydrogens is 336 g/mol. The largest absolute Gasteiger partial charge is 0.324 e. The number of carbonyl (C=O) groups excluding carboxylic acids is 1. The summed E-state index contributed by atoms with van der Waals surface area (Å²) in [5.41, 5.74) is 6.04. The maximum absolute atomic E-state index is 13.0. The number of rotatable bonds is 3. The van der Waals surface area contributed by atoms with Crippen molar-refractivity contribution in [3.05, 3.63) is 77.1 Å². The van der Waals surface area contributed by atoms with Gasteiger partial charge in [0.2, 0.25) is 5.95 Å². The summed E-state index contributed by atoms with van der Waals surface area (Å²) in [5.74, 6) is 0.412. The molecule has 1 atom stereocenters. The minimum atomic E-state index is -0.0646. The van der Waals surface area contributed by atoms with Crippen molar-refractivity contribution in [1.29, 1.82) is 0 Å². The Kier molecular flexibility index (Phi) is 4.36. The zero-order chi connectivity index (χ0) is 19.0. The maximum Gasteiger partial charge on any atom is 0.261 e. The van der Waals surface area contributed by atoms with E-state index in [1.807, 2.05) is 29.2 Å². The molecule has 136 valence electrons. The Morgan fingerprint density at radius 3 is 2.56 bits per heavy atom. The Bertz CT molecular complexity index is 997. The van der Waals surface area contributed by atoms with Crippen molar-refractivity contribution in [1.82, 2.24) is 9.97 Å². The average molecular weight is 358 g/mol. The highest BCUT2D eigenvalue weighted by Gasteiger charge is 2.31. The summed E-state index contributed by atoms with van der Waals surface area (Å²) >= 11 is 0. The molecule has 2 aromatic carbocycles. The monoisotopic (exact) mass is 358 g/mol. The lowest BCUT2D eigenvalue weighted by molar-refractivity contribution is 0.0981. The van der Waals surface area contributed by atoms with E-state index < -0.39 is 0 Å². The third-order valence-electron chi connectivity index (χ3n) is 5.09. The van der Waals surface area contributed by atoms with Crippen molar-refractivity contribution in [2.75, 3.05) is 10.2 Å². The molecule has 0 bridgehead atoms. The Labute approximate surface area is 159 Å². The molecule has 4 rings (SSSR count). The van der Waals surface area contributed by atoms with E-state index in [1.165, 1.54) is 16.7 Å². The molecule has 0 saturated carbocycles. The number of fused-ring (bicyclic) bond motifs is 1. The van der Waals surface area contributed by atoms with Crippen LogP contribution in [0, 0.1) is 13.8 Å². The third-order valence-corrected chi connectivity index (χ3v) is 5.09. The van der Waals surface area contributed by atoms with Crippen LogP contribution in [0.2, 0.25) is 0 Å². The fraction of sp³-hybridized carbons (Fsp3) is 0.227. The highest BCUT2D eigenvalue weighted by molar-refractivity contribution is 6.07. The first-order valence-corrected chi connectivity index (χ1v) is 9.11. The van der Waals surface area contributed by atoms with Gasteiger partial charge in [0, 0.05) is 29.8 Å². The predicted molar refractivity (Wildman–Crippen MR) is 108 cm³/mol. The maximum atomic E-state index is 13.0. The van der Waals surface area contributed by atoms with Crippen LogP contribution in [-0.2, 0) is 6.42 Å². The van der Waals surface area contributed by atoms with E-state index >= 15 is 0 Å². The lowest BCUT2D eigenvalue weighted by Crippen LogP contribution is -2.35. The topological polar surface area (TPSA) is 58.1 Å². The molecule has 1 aliphatic rings. The number of benzene rings is 2. The third kappa shape index (κ3) is 3.28. The summed E-state index contributed by atoms with van der Waals surface area (Å²) in [6, 6.07) is 14.3. The molecule has 3 aromatic rings. The Morgan fingerprint density at radius 2 is 1.81 bits per heavy atom. The first-order chi connectivity index (χ1) is 13.0. The molecule has 1 aromatic heterocycles. The Morgan fingerprint density at radius 1 is 1.07 bits per heavy atom. The molecule has 1 amide bonds. The molecule has 0 spiro atoms. The Hall–Kier alpha value is -3.21. The van der Waals surface area contributed by atoms with E-state index in [-0.39, 0.29) is 11.9 Å². The van der Waals surface area contributed by atoms with E-state index in [1.54, 1.807) is 12.4 Å². The van der Waals surface area contributed by atoms with Gasteiger partial charge < -0.3 is 10.2 Å². The summed E-state index contributed by atoms with van der Waals surface area (Å²) in [6.07, 6.45) is 4.05. The predicted octanol–water partition coefficient (Wildman–Crippen LogP) is 4.43. The molecule has 5 heteroatoms. The second-order valence-corrected chi connectivity index (χ2v) is 7.08. The van der Waals surface area contributed by atoms with Gasteiger partial charge in [-0.05, 0) is 62.1 Å². The van der Waals surface area contributed by atoms with Crippen molar-refractivity contribution in [3.8, 4) is 0 Å². The summed E-state index contributed by atoms with van der Waals surface area (Å²) in [7, 11) is 0. The van der Waals surface area contributed by atoms with Gasteiger partial charge in [-0.25, -0.2) is 9.97 Å². The zero-order valence-electron chi connectivity index (χ0n) is 15.7. The van der Waals surface area contributed by atoms with Gasteiger partial charge in [0.25, 0.3) is 5.91 Å².